The van der Waals surface area contributed by atoms with Gasteiger partial charge in [0.1, 0.15) is 12.2 Å². The van der Waals surface area contributed by atoms with Crippen molar-refractivity contribution in [1.29, 1.82) is 0 Å². The number of halogens is 1. The summed E-state index contributed by atoms with van der Waals surface area (Å²) in [6.45, 7) is 5.73. The van der Waals surface area contributed by atoms with Crippen molar-refractivity contribution < 1.29 is 0 Å². The van der Waals surface area contributed by atoms with Crippen molar-refractivity contribution in [3.05, 3.63) is 12.2 Å². The third kappa shape index (κ3) is 3.42. The van der Waals surface area contributed by atoms with Crippen LogP contribution in [-0.4, -0.2) is 38.8 Å². The highest BCUT2D eigenvalue weighted by Gasteiger charge is 2.17. The lowest BCUT2D eigenvalue weighted by atomic mass is 10.0. The van der Waals surface area contributed by atoms with E-state index in [0.29, 0.717) is 5.88 Å². The SMILES string of the molecule is CC1CCCCN1CCCn1cnnc1CCl. The predicted molar refractivity (Wildman–Crippen MR) is 69.1 cm³/mol. The van der Waals surface area contributed by atoms with Gasteiger partial charge in [-0.1, -0.05) is 6.42 Å². The smallest absolute Gasteiger partial charge is 0.147 e. The third-order valence-electron chi connectivity index (χ3n) is 3.60. The van der Waals surface area contributed by atoms with Crippen LogP contribution in [0.5, 0.6) is 0 Å². The van der Waals surface area contributed by atoms with Crippen molar-refractivity contribution in [2.24, 2.45) is 0 Å². The van der Waals surface area contributed by atoms with Crippen molar-refractivity contribution >= 4 is 11.6 Å². The van der Waals surface area contributed by atoms with E-state index in [1.807, 2.05) is 0 Å². The van der Waals surface area contributed by atoms with Gasteiger partial charge in [0.2, 0.25) is 0 Å². The fourth-order valence-corrected chi connectivity index (χ4v) is 2.71. The van der Waals surface area contributed by atoms with Gasteiger partial charge >= 0.3 is 0 Å². The summed E-state index contributed by atoms with van der Waals surface area (Å²) in [4.78, 5) is 2.59. The van der Waals surface area contributed by atoms with Crippen molar-refractivity contribution in [1.82, 2.24) is 19.7 Å². The first kappa shape index (κ1) is 12.8. The number of rotatable bonds is 5. The van der Waals surface area contributed by atoms with Crippen LogP contribution >= 0.6 is 11.6 Å². The lowest BCUT2D eigenvalue weighted by Gasteiger charge is -2.33. The molecular formula is C12H21ClN4. The van der Waals surface area contributed by atoms with Crippen molar-refractivity contribution in [2.75, 3.05) is 13.1 Å². The Morgan fingerprint density at radius 3 is 3.06 bits per heavy atom. The van der Waals surface area contributed by atoms with Crippen LogP contribution < -0.4 is 0 Å². The minimum atomic E-state index is 0.445. The standard InChI is InChI=1S/C12H21ClN4/c1-11-5-2-3-6-16(11)7-4-8-17-10-14-15-12(17)9-13/h10-11H,2-9H2,1H3. The molecule has 4 nitrogen and oxygen atoms in total. The van der Waals surface area contributed by atoms with Gasteiger partial charge in [-0.2, -0.15) is 0 Å². The van der Waals surface area contributed by atoms with Gasteiger partial charge in [-0.3, -0.25) is 0 Å². The van der Waals surface area contributed by atoms with Gasteiger partial charge in [0.15, 0.2) is 0 Å². The highest BCUT2D eigenvalue weighted by Crippen LogP contribution is 2.16. The third-order valence-corrected chi connectivity index (χ3v) is 3.84. The molecule has 1 fully saturated rings. The van der Waals surface area contributed by atoms with Crippen molar-refractivity contribution in [2.45, 2.75) is 51.1 Å². The quantitative estimate of drug-likeness (QED) is 0.758. The fourth-order valence-electron chi connectivity index (χ4n) is 2.50. The summed E-state index contributed by atoms with van der Waals surface area (Å²) in [6, 6.07) is 0.747. The molecule has 96 valence electrons. The van der Waals surface area contributed by atoms with Gasteiger partial charge in [-0.15, -0.1) is 21.8 Å². The van der Waals surface area contributed by atoms with Crippen molar-refractivity contribution in [3.8, 4) is 0 Å². The Morgan fingerprint density at radius 1 is 1.41 bits per heavy atom. The molecule has 0 spiro atoms. The maximum absolute atomic E-state index is 5.79. The summed E-state index contributed by atoms with van der Waals surface area (Å²) in [5.41, 5.74) is 0. The van der Waals surface area contributed by atoms with Gasteiger partial charge in [-0.05, 0) is 32.7 Å². The molecular weight excluding hydrogens is 236 g/mol. The highest BCUT2D eigenvalue weighted by molar-refractivity contribution is 6.16. The van der Waals surface area contributed by atoms with Gasteiger partial charge in [-0.25, -0.2) is 0 Å². The van der Waals surface area contributed by atoms with E-state index in [9.17, 15) is 0 Å². The van der Waals surface area contributed by atoms with E-state index in [4.69, 9.17) is 11.6 Å². The normalized spacial score (nSPS) is 21.9. The molecule has 5 heteroatoms. The van der Waals surface area contributed by atoms with E-state index >= 15 is 0 Å². The lowest BCUT2D eigenvalue weighted by Crippen LogP contribution is -2.38. The molecule has 0 bridgehead atoms. The van der Waals surface area contributed by atoms with Gasteiger partial charge in [0.05, 0.1) is 5.88 Å². The molecule has 2 heterocycles. The van der Waals surface area contributed by atoms with E-state index in [1.165, 1.54) is 32.4 Å². The number of alkyl halides is 1. The molecule has 1 unspecified atom stereocenters. The molecule has 1 aliphatic rings. The second-order valence-electron chi connectivity index (χ2n) is 4.81. The molecule has 1 saturated heterocycles. The van der Waals surface area contributed by atoms with Crippen LogP contribution in [0.4, 0.5) is 0 Å². The zero-order chi connectivity index (χ0) is 12.1. The summed E-state index contributed by atoms with van der Waals surface area (Å²) in [5.74, 6) is 1.32. The summed E-state index contributed by atoms with van der Waals surface area (Å²) in [6.07, 6.45) is 7.01. The Bertz CT molecular complexity index is 339. The molecule has 0 amide bonds. The maximum atomic E-state index is 5.79. The Kier molecular flexibility index (Phi) is 4.80. The van der Waals surface area contributed by atoms with E-state index in [-0.39, 0.29) is 0 Å². The molecule has 1 aromatic rings. The second-order valence-corrected chi connectivity index (χ2v) is 5.08. The van der Waals surface area contributed by atoms with Gasteiger partial charge in [0, 0.05) is 19.1 Å². The van der Waals surface area contributed by atoms with Crippen LogP contribution in [0.3, 0.4) is 0 Å². The molecule has 1 aromatic heterocycles. The second kappa shape index (κ2) is 6.36. The average molecular weight is 257 g/mol. The summed E-state index contributed by atoms with van der Waals surface area (Å²) in [7, 11) is 0. The molecule has 2 rings (SSSR count). The minimum absolute atomic E-state index is 0.445. The highest BCUT2D eigenvalue weighted by atomic mass is 35.5. The molecule has 1 aliphatic heterocycles. The van der Waals surface area contributed by atoms with E-state index in [1.54, 1.807) is 6.33 Å². The molecule has 0 N–H and O–H groups in total. The summed E-state index contributed by atoms with van der Waals surface area (Å²) >= 11 is 5.79. The Morgan fingerprint density at radius 2 is 2.29 bits per heavy atom. The molecule has 0 radical (unpaired) electrons. The van der Waals surface area contributed by atoms with Gasteiger partial charge < -0.3 is 9.47 Å². The molecule has 0 saturated carbocycles. The first-order valence-corrected chi connectivity index (χ1v) is 7.01. The van der Waals surface area contributed by atoms with E-state index in [0.717, 1.165) is 24.8 Å². The van der Waals surface area contributed by atoms with E-state index < -0.39 is 0 Å². The number of hydrogen-bond donors (Lipinski definition) is 0. The Balaban J connectivity index is 1.75. The Hall–Kier alpha value is -0.610. The van der Waals surface area contributed by atoms with Crippen LogP contribution in [0.15, 0.2) is 6.33 Å². The molecule has 17 heavy (non-hydrogen) atoms. The average Bonchev–Trinajstić information content (AvgIpc) is 2.79. The largest absolute Gasteiger partial charge is 0.317 e. The van der Waals surface area contributed by atoms with Crippen LogP contribution in [-0.2, 0) is 12.4 Å². The monoisotopic (exact) mass is 256 g/mol. The van der Waals surface area contributed by atoms with Crippen LogP contribution in [0.25, 0.3) is 0 Å². The van der Waals surface area contributed by atoms with Crippen LogP contribution in [0.2, 0.25) is 0 Å². The number of aromatic nitrogens is 3. The maximum Gasteiger partial charge on any atom is 0.147 e. The van der Waals surface area contributed by atoms with Crippen LogP contribution in [0.1, 0.15) is 38.4 Å². The molecule has 1 atom stereocenters. The zero-order valence-corrected chi connectivity index (χ0v) is 11.2. The predicted octanol–water partition coefficient (Wildman–Crippen LogP) is 2.28. The van der Waals surface area contributed by atoms with E-state index in [2.05, 4.69) is 26.6 Å². The minimum Gasteiger partial charge on any atom is -0.317 e. The molecule has 0 aromatic carbocycles. The fraction of sp³-hybridized carbons (Fsp3) is 0.833. The number of hydrogen-bond acceptors (Lipinski definition) is 3. The summed E-state index contributed by atoms with van der Waals surface area (Å²) in [5, 5.41) is 7.87. The lowest BCUT2D eigenvalue weighted by molar-refractivity contribution is 0.156. The number of nitrogens with zero attached hydrogens (tertiary/aromatic N) is 4. The van der Waals surface area contributed by atoms with Crippen LogP contribution in [0, 0.1) is 0 Å². The Labute approximate surface area is 108 Å². The number of likely N-dealkylation sites (tertiary alicyclic amines) is 1. The number of aryl methyl sites for hydroxylation is 1. The first-order valence-electron chi connectivity index (χ1n) is 6.48. The zero-order valence-electron chi connectivity index (χ0n) is 10.5. The molecule has 0 aliphatic carbocycles. The first-order chi connectivity index (χ1) is 8.31. The topological polar surface area (TPSA) is 34.0 Å². The summed E-state index contributed by atoms with van der Waals surface area (Å²) < 4.78 is 2.06. The number of piperidine rings is 1. The van der Waals surface area contributed by atoms with Gasteiger partial charge in [0.25, 0.3) is 0 Å². The van der Waals surface area contributed by atoms with Crippen molar-refractivity contribution in [3.63, 3.8) is 0 Å².